The topological polar surface area (TPSA) is 85.8 Å². The Labute approximate surface area is 181 Å². The van der Waals surface area contributed by atoms with Gasteiger partial charge in [0.25, 0.3) is 5.91 Å². The van der Waals surface area contributed by atoms with E-state index in [1.807, 2.05) is 36.4 Å². The Bertz CT molecular complexity index is 931. The molecule has 1 amide bonds. The maximum Gasteiger partial charge on any atom is 0.309 e. The highest BCUT2D eigenvalue weighted by molar-refractivity contribution is 6.03. The summed E-state index contributed by atoms with van der Waals surface area (Å²) in [4.78, 5) is 26.1. The number of likely N-dealkylation sites (tertiary alicyclic amines) is 1. The lowest BCUT2D eigenvalue weighted by molar-refractivity contribution is -0.898. The number of piperidine rings is 1. The number of hydrazone groups is 1. The van der Waals surface area contributed by atoms with Crippen LogP contribution in [0.15, 0.2) is 52.2 Å². The summed E-state index contributed by atoms with van der Waals surface area (Å²) in [6.45, 7) is 1.87. The number of hydrogen-bond donors (Lipinski definition) is 1. The molecule has 1 atom stereocenters. The number of nitrogens with one attached hydrogen (secondary N) is 1. The lowest BCUT2D eigenvalue weighted by atomic mass is 9.97. The number of furan rings is 1. The zero-order valence-corrected chi connectivity index (χ0v) is 17.9. The van der Waals surface area contributed by atoms with Gasteiger partial charge >= 0.3 is 5.97 Å². The fourth-order valence-electron chi connectivity index (χ4n) is 4.30. The molecule has 4 rings (SSSR count). The van der Waals surface area contributed by atoms with E-state index in [0.717, 1.165) is 53.6 Å². The minimum Gasteiger partial charge on any atom is -0.497 e. The van der Waals surface area contributed by atoms with Gasteiger partial charge in [0.05, 0.1) is 45.2 Å². The van der Waals surface area contributed by atoms with Crippen molar-refractivity contribution in [2.75, 3.05) is 33.9 Å². The smallest absolute Gasteiger partial charge is 0.309 e. The molecule has 0 radical (unpaired) electrons. The van der Waals surface area contributed by atoms with Crippen LogP contribution in [0.3, 0.4) is 0 Å². The normalized spacial score (nSPS) is 23.4. The van der Waals surface area contributed by atoms with Gasteiger partial charge in [-0.15, -0.1) is 0 Å². The summed E-state index contributed by atoms with van der Waals surface area (Å²) in [6.07, 6.45) is 3.67. The third kappa shape index (κ3) is 4.64. The van der Waals surface area contributed by atoms with Crippen LogP contribution in [-0.2, 0) is 14.3 Å². The maximum absolute atomic E-state index is 13.2. The highest BCUT2D eigenvalue weighted by Gasteiger charge is 2.37. The Morgan fingerprint density at radius 3 is 2.52 bits per heavy atom. The minimum atomic E-state index is -0.258. The molecular formula is C23H28N3O5+. The summed E-state index contributed by atoms with van der Waals surface area (Å²) in [5, 5.41) is 6.25. The number of hydrogen-bond acceptors (Lipinski definition) is 6. The van der Waals surface area contributed by atoms with Crippen LogP contribution in [-0.4, -0.2) is 56.5 Å². The Morgan fingerprint density at radius 2 is 1.90 bits per heavy atom. The van der Waals surface area contributed by atoms with Crippen LogP contribution in [0.2, 0.25) is 0 Å². The molecule has 2 aliphatic rings. The highest BCUT2D eigenvalue weighted by Crippen LogP contribution is 2.33. The first-order valence-electron chi connectivity index (χ1n) is 10.6. The zero-order chi connectivity index (χ0) is 21.8. The molecule has 0 saturated carbocycles. The summed E-state index contributed by atoms with van der Waals surface area (Å²) in [7, 11) is 3.05. The third-order valence-corrected chi connectivity index (χ3v) is 6.09. The summed E-state index contributed by atoms with van der Waals surface area (Å²) in [5.41, 5.74) is 1.80. The number of esters is 1. The summed E-state index contributed by atoms with van der Waals surface area (Å²) < 4.78 is 15.7. The van der Waals surface area contributed by atoms with Gasteiger partial charge in [0.1, 0.15) is 17.6 Å². The molecule has 0 spiro atoms. The minimum absolute atomic E-state index is 0.0450. The number of amides is 1. The molecule has 2 aliphatic heterocycles. The standard InChI is InChI=1S/C23H27N3O5/c1-29-18-7-5-16(6-8-18)19-14-20(21-4-3-13-31-21)26(24-19)22(27)15-25-11-9-17(10-12-25)23(28)30-2/h3-8,13,17,20H,9-12,14-15H2,1-2H3/p+1/t20-/m0/s1. The Hall–Kier alpha value is -3.13. The number of quaternary nitrogens is 1. The Morgan fingerprint density at radius 1 is 1.16 bits per heavy atom. The second-order valence-corrected chi connectivity index (χ2v) is 7.97. The number of methoxy groups -OCH3 is 2. The summed E-state index contributed by atoms with van der Waals surface area (Å²) in [5.74, 6) is 1.23. The Balaban J connectivity index is 1.47. The van der Waals surface area contributed by atoms with E-state index in [-0.39, 0.29) is 23.8 Å². The zero-order valence-electron chi connectivity index (χ0n) is 17.9. The van der Waals surface area contributed by atoms with Gasteiger partial charge in [0, 0.05) is 19.3 Å². The van der Waals surface area contributed by atoms with Crippen molar-refractivity contribution in [3.63, 3.8) is 0 Å². The van der Waals surface area contributed by atoms with Gasteiger partial charge in [-0.25, -0.2) is 5.01 Å². The summed E-state index contributed by atoms with van der Waals surface area (Å²) >= 11 is 0. The molecule has 1 saturated heterocycles. The van der Waals surface area contributed by atoms with Crippen molar-refractivity contribution in [2.45, 2.75) is 25.3 Å². The number of carbonyl (C=O) groups is 2. The first-order valence-corrected chi connectivity index (χ1v) is 10.6. The summed E-state index contributed by atoms with van der Waals surface area (Å²) in [6, 6.07) is 11.1. The fraction of sp³-hybridized carbons (Fsp3) is 0.435. The maximum atomic E-state index is 13.2. The molecule has 1 aromatic heterocycles. The molecule has 1 N–H and O–H groups in total. The van der Waals surface area contributed by atoms with Gasteiger partial charge in [-0.3, -0.25) is 9.59 Å². The molecule has 8 heteroatoms. The fourth-order valence-corrected chi connectivity index (χ4v) is 4.30. The first kappa shape index (κ1) is 21.1. The van der Waals surface area contributed by atoms with Gasteiger partial charge in [-0.2, -0.15) is 5.10 Å². The van der Waals surface area contributed by atoms with E-state index >= 15 is 0 Å². The van der Waals surface area contributed by atoms with Crippen LogP contribution >= 0.6 is 0 Å². The van der Waals surface area contributed by atoms with Crippen molar-refractivity contribution < 1.29 is 28.4 Å². The van der Waals surface area contributed by atoms with Crippen LogP contribution in [0.25, 0.3) is 0 Å². The number of rotatable bonds is 6. The van der Waals surface area contributed by atoms with Crippen LogP contribution in [0, 0.1) is 5.92 Å². The van der Waals surface area contributed by atoms with E-state index in [0.29, 0.717) is 13.0 Å². The van der Waals surface area contributed by atoms with E-state index in [1.54, 1.807) is 18.4 Å². The average Bonchev–Trinajstić information content (AvgIpc) is 3.49. The average molecular weight is 426 g/mol. The molecule has 164 valence electrons. The highest BCUT2D eigenvalue weighted by atomic mass is 16.5. The second-order valence-electron chi connectivity index (χ2n) is 7.97. The monoisotopic (exact) mass is 426 g/mol. The second kappa shape index (κ2) is 9.34. The van der Waals surface area contributed by atoms with Gasteiger partial charge in [-0.05, 0) is 42.0 Å². The van der Waals surface area contributed by atoms with Crippen molar-refractivity contribution in [3.05, 3.63) is 54.0 Å². The molecule has 1 aromatic carbocycles. The molecular weight excluding hydrogens is 398 g/mol. The molecule has 0 aliphatic carbocycles. The van der Waals surface area contributed by atoms with Crippen LogP contribution in [0.4, 0.5) is 0 Å². The molecule has 2 aromatic rings. The predicted octanol–water partition coefficient (Wildman–Crippen LogP) is 1.43. The number of ether oxygens (including phenoxy) is 2. The molecule has 0 unspecified atom stereocenters. The number of carbonyl (C=O) groups excluding carboxylic acids is 2. The van der Waals surface area contributed by atoms with E-state index in [9.17, 15) is 9.59 Å². The third-order valence-electron chi connectivity index (χ3n) is 6.09. The van der Waals surface area contributed by atoms with Gasteiger partial charge in [0.2, 0.25) is 0 Å². The number of benzene rings is 1. The molecule has 31 heavy (non-hydrogen) atoms. The van der Waals surface area contributed by atoms with Gasteiger partial charge in [0.15, 0.2) is 6.54 Å². The lowest BCUT2D eigenvalue weighted by Gasteiger charge is -2.29. The van der Waals surface area contributed by atoms with Crippen molar-refractivity contribution in [3.8, 4) is 5.75 Å². The predicted molar refractivity (Wildman–Crippen MR) is 113 cm³/mol. The lowest BCUT2D eigenvalue weighted by Crippen LogP contribution is -3.14. The largest absolute Gasteiger partial charge is 0.497 e. The Kier molecular flexibility index (Phi) is 6.36. The van der Waals surface area contributed by atoms with E-state index in [2.05, 4.69) is 5.10 Å². The van der Waals surface area contributed by atoms with Crippen LogP contribution in [0.5, 0.6) is 5.75 Å². The molecule has 3 heterocycles. The quantitative estimate of drug-likeness (QED) is 0.707. The van der Waals surface area contributed by atoms with Crippen LogP contribution < -0.4 is 9.64 Å². The van der Waals surface area contributed by atoms with E-state index in [4.69, 9.17) is 13.9 Å². The van der Waals surface area contributed by atoms with E-state index < -0.39 is 0 Å². The van der Waals surface area contributed by atoms with Crippen molar-refractivity contribution in [2.24, 2.45) is 11.0 Å². The molecule has 8 nitrogen and oxygen atoms in total. The molecule has 1 fully saturated rings. The first-order chi connectivity index (χ1) is 15.1. The SMILES string of the molecule is COC(=O)C1CC[NH+](CC(=O)N2N=C(c3ccc(OC)cc3)C[C@H]2c2ccco2)CC1. The van der Waals surface area contributed by atoms with Crippen molar-refractivity contribution in [1.29, 1.82) is 0 Å². The van der Waals surface area contributed by atoms with Crippen molar-refractivity contribution >= 4 is 17.6 Å². The van der Waals surface area contributed by atoms with E-state index in [1.165, 1.54) is 7.11 Å². The van der Waals surface area contributed by atoms with Crippen molar-refractivity contribution in [1.82, 2.24) is 5.01 Å². The van der Waals surface area contributed by atoms with Gasteiger partial charge in [-0.1, -0.05) is 0 Å². The van der Waals surface area contributed by atoms with Gasteiger partial charge < -0.3 is 18.8 Å². The van der Waals surface area contributed by atoms with Crippen LogP contribution in [0.1, 0.15) is 36.6 Å². The number of nitrogens with zero attached hydrogens (tertiary/aromatic N) is 2. The molecule has 0 bridgehead atoms.